The van der Waals surface area contributed by atoms with E-state index in [1.54, 1.807) is 29.2 Å². The summed E-state index contributed by atoms with van der Waals surface area (Å²) in [5.74, 6) is 0.584. The molecule has 1 amide bonds. The second-order valence-corrected chi connectivity index (χ2v) is 7.22. The number of anilines is 1. The van der Waals surface area contributed by atoms with E-state index in [-0.39, 0.29) is 37.8 Å². The van der Waals surface area contributed by atoms with Crippen molar-refractivity contribution in [1.82, 2.24) is 4.90 Å². The van der Waals surface area contributed by atoms with Crippen molar-refractivity contribution < 1.29 is 32.5 Å². The molecular weight excluding hydrogens is 427 g/mol. The number of methoxy groups -OCH3 is 2. The van der Waals surface area contributed by atoms with E-state index < -0.39 is 23.3 Å². The summed E-state index contributed by atoms with van der Waals surface area (Å²) in [6, 6.07) is 9.16. The van der Waals surface area contributed by atoms with Gasteiger partial charge >= 0.3 is 6.18 Å². The van der Waals surface area contributed by atoms with E-state index in [2.05, 4.69) is 0 Å². The number of halogens is 3. The minimum Gasteiger partial charge on any atom is -0.497 e. The quantitative estimate of drug-likeness (QED) is 0.756. The Labute approximate surface area is 183 Å². The summed E-state index contributed by atoms with van der Waals surface area (Å²) in [5.41, 5.74) is -0.937. The number of nitriles is 1. The number of hydrogen-bond donors (Lipinski definition) is 1. The number of nitrogens with zero attached hydrogens (tertiary/aromatic N) is 3. The minimum absolute atomic E-state index is 0.107. The fraction of sp³-hybridized carbons (Fsp3) is 0.364. The molecule has 2 aromatic carbocycles. The molecule has 3 rings (SSSR count). The summed E-state index contributed by atoms with van der Waals surface area (Å²) < 4.78 is 50.4. The van der Waals surface area contributed by atoms with Crippen molar-refractivity contribution in [3.63, 3.8) is 0 Å². The van der Waals surface area contributed by atoms with Gasteiger partial charge in [-0.1, -0.05) is 0 Å². The molecule has 0 saturated carbocycles. The van der Waals surface area contributed by atoms with Crippen LogP contribution in [0.1, 0.15) is 21.5 Å². The van der Waals surface area contributed by atoms with Crippen molar-refractivity contribution in [2.75, 3.05) is 45.4 Å². The predicted molar refractivity (Wildman–Crippen MR) is 110 cm³/mol. The molecule has 32 heavy (non-hydrogen) atoms. The first-order chi connectivity index (χ1) is 15.2. The number of carbonyl (C=O) groups excluding carboxylic acids is 1. The standard InChI is InChI=1S/C22H22F3N3O4/c1-31-18-7-15(8-19(10-18)32-2)21(30)27-5-6-28(17(12-27)13-29)16-4-3-14(11-26)20(9-16)22(23,24)25/h3-4,7-10,17,29H,5-6,12-13H2,1-2H3. The minimum atomic E-state index is -4.68. The lowest BCUT2D eigenvalue weighted by atomic mass is 10.0. The molecule has 10 heteroatoms. The number of benzene rings is 2. The molecule has 0 spiro atoms. The number of piperazine rings is 1. The van der Waals surface area contributed by atoms with E-state index in [1.807, 2.05) is 0 Å². The van der Waals surface area contributed by atoms with Gasteiger partial charge in [-0.2, -0.15) is 18.4 Å². The Morgan fingerprint density at radius 2 is 1.81 bits per heavy atom. The van der Waals surface area contributed by atoms with Crippen molar-refractivity contribution in [3.8, 4) is 17.6 Å². The highest BCUT2D eigenvalue weighted by atomic mass is 19.4. The SMILES string of the molecule is COc1cc(OC)cc(C(=O)N2CCN(c3ccc(C#N)c(C(F)(F)F)c3)C(CO)C2)c1. The molecule has 1 heterocycles. The van der Waals surface area contributed by atoms with Crippen LogP contribution < -0.4 is 14.4 Å². The van der Waals surface area contributed by atoms with E-state index in [1.165, 1.54) is 25.2 Å². The highest BCUT2D eigenvalue weighted by Crippen LogP contribution is 2.35. The Morgan fingerprint density at radius 1 is 1.16 bits per heavy atom. The van der Waals surface area contributed by atoms with Gasteiger partial charge in [-0.15, -0.1) is 0 Å². The summed E-state index contributed by atoms with van der Waals surface area (Å²) >= 11 is 0. The first kappa shape index (κ1) is 23.2. The normalized spacial score (nSPS) is 16.5. The lowest BCUT2D eigenvalue weighted by molar-refractivity contribution is -0.137. The molecule has 1 aliphatic rings. The summed E-state index contributed by atoms with van der Waals surface area (Å²) in [4.78, 5) is 16.2. The third-order valence-electron chi connectivity index (χ3n) is 5.34. The van der Waals surface area contributed by atoms with E-state index in [0.717, 1.165) is 12.1 Å². The van der Waals surface area contributed by atoms with Gasteiger partial charge in [0.25, 0.3) is 5.91 Å². The van der Waals surface area contributed by atoms with Crippen molar-refractivity contribution in [2.24, 2.45) is 0 Å². The third kappa shape index (κ3) is 4.73. The molecule has 1 fully saturated rings. The lowest BCUT2D eigenvalue weighted by Gasteiger charge is -2.42. The lowest BCUT2D eigenvalue weighted by Crippen LogP contribution is -2.56. The van der Waals surface area contributed by atoms with E-state index >= 15 is 0 Å². The fourth-order valence-corrected chi connectivity index (χ4v) is 3.69. The second-order valence-electron chi connectivity index (χ2n) is 7.22. The first-order valence-corrected chi connectivity index (χ1v) is 9.73. The molecule has 2 aromatic rings. The van der Waals surface area contributed by atoms with Crippen LogP contribution in [0.5, 0.6) is 11.5 Å². The average Bonchev–Trinajstić information content (AvgIpc) is 2.81. The van der Waals surface area contributed by atoms with Crippen LogP contribution in [0.2, 0.25) is 0 Å². The molecule has 170 valence electrons. The summed E-state index contributed by atoms with van der Waals surface area (Å²) in [5, 5.41) is 18.9. The molecule has 1 N–H and O–H groups in total. The van der Waals surface area contributed by atoms with Gasteiger partial charge in [-0.3, -0.25) is 4.79 Å². The van der Waals surface area contributed by atoms with Crippen molar-refractivity contribution in [2.45, 2.75) is 12.2 Å². The number of rotatable bonds is 5. The molecule has 1 aliphatic heterocycles. The molecular formula is C22H22F3N3O4. The molecule has 1 saturated heterocycles. The van der Waals surface area contributed by atoms with Crippen LogP contribution in [0.3, 0.4) is 0 Å². The topological polar surface area (TPSA) is 86.0 Å². The van der Waals surface area contributed by atoms with Gasteiger partial charge in [0.1, 0.15) is 11.5 Å². The van der Waals surface area contributed by atoms with E-state index in [4.69, 9.17) is 14.7 Å². The third-order valence-corrected chi connectivity index (χ3v) is 5.34. The monoisotopic (exact) mass is 449 g/mol. The number of alkyl halides is 3. The van der Waals surface area contributed by atoms with Gasteiger partial charge in [-0.05, 0) is 30.3 Å². The van der Waals surface area contributed by atoms with Crippen molar-refractivity contribution in [3.05, 3.63) is 53.1 Å². The molecule has 0 radical (unpaired) electrons. The van der Waals surface area contributed by atoms with Gasteiger partial charge in [0, 0.05) is 37.0 Å². The Balaban J connectivity index is 1.84. The molecule has 1 unspecified atom stereocenters. The summed E-state index contributed by atoms with van der Waals surface area (Å²) in [6.07, 6.45) is -4.68. The number of ether oxygens (including phenoxy) is 2. The van der Waals surface area contributed by atoms with Gasteiger partial charge in [0.15, 0.2) is 0 Å². The molecule has 1 atom stereocenters. The van der Waals surface area contributed by atoms with Crippen LogP contribution in [0.4, 0.5) is 18.9 Å². The maximum Gasteiger partial charge on any atom is 0.417 e. The van der Waals surface area contributed by atoms with E-state index in [0.29, 0.717) is 17.1 Å². The van der Waals surface area contributed by atoms with E-state index in [9.17, 15) is 23.1 Å². The van der Waals surface area contributed by atoms with Gasteiger partial charge in [0.05, 0.1) is 44.1 Å². The molecule has 0 aliphatic carbocycles. The zero-order chi connectivity index (χ0) is 23.5. The van der Waals surface area contributed by atoms with Crippen LogP contribution >= 0.6 is 0 Å². The van der Waals surface area contributed by atoms with Gasteiger partial charge < -0.3 is 24.4 Å². The van der Waals surface area contributed by atoms with Crippen LogP contribution in [-0.4, -0.2) is 62.4 Å². The van der Waals surface area contributed by atoms with Crippen LogP contribution in [0, 0.1) is 11.3 Å². The predicted octanol–water partition coefficient (Wildman–Crippen LogP) is 2.92. The average molecular weight is 449 g/mol. The zero-order valence-electron chi connectivity index (χ0n) is 17.5. The van der Waals surface area contributed by atoms with Crippen molar-refractivity contribution >= 4 is 11.6 Å². The molecule has 7 nitrogen and oxygen atoms in total. The summed E-state index contributed by atoms with van der Waals surface area (Å²) in [6.45, 7) is 0.181. The maximum atomic E-state index is 13.3. The first-order valence-electron chi connectivity index (χ1n) is 9.73. The number of aliphatic hydroxyl groups excluding tert-OH is 1. The summed E-state index contributed by atoms with van der Waals surface area (Å²) in [7, 11) is 2.94. The Hall–Kier alpha value is -3.45. The number of hydrogen-bond acceptors (Lipinski definition) is 6. The fourth-order valence-electron chi connectivity index (χ4n) is 3.69. The zero-order valence-corrected chi connectivity index (χ0v) is 17.5. The van der Waals surface area contributed by atoms with Crippen LogP contribution in [0.25, 0.3) is 0 Å². The van der Waals surface area contributed by atoms with Crippen LogP contribution in [0.15, 0.2) is 36.4 Å². The second kappa shape index (κ2) is 9.36. The Bertz CT molecular complexity index is 1010. The number of amides is 1. The van der Waals surface area contributed by atoms with Gasteiger partial charge in [0.2, 0.25) is 0 Å². The number of carbonyl (C=O) groups is 1. The smallest absolute Gasteiger partial charge is 0.417 e. The molecule has 0 bridgehead atoms. The van der Waals surface area contributed by atoms with Crippen LogP contribution in [-0.2, 0) is 6.18 Å². The van der Waals surface area contributed by atoms with Crippen molar-refractivity contribution in [1.29, 1.82) is 5.26 Å². The van der Waals surface area contributed by atoms with Gasteiger partial charge in [-0.25, -0.2) is 0 Å². The molecule has 0 aromatic heterocycles. The Kier molecular flexibility index (Phi) is 6.79. The Morgan fingerprint density at radius 3 is 2.34 bits per heavy atom. The highest BCUT2D eigenvalue weighted by Gasteiger charge is 2.36. The highest BCUT2D eigenvalue weighted by molar-refractivity contribution is 5.95. The largest absolute Gasteiger partial charge is 0.497 e. The maximum absolute atomic E-state index is 13.3. The number of aliphatic hydroxyl groups is 1.